The molecule has 0 atom stereocenters. The molecule has 1 aromatic carbocycles. The number of carbonyl (C=O) groups is 2. The van der Waals surface area contributed by atoms with Gasteiger partial charge in [0.1, 0.15) is 0 Å². The van der Waals surface area contributed by atoms with Crippen molar-refractivity contribution in [2.24, 2.45) is 5.92 Å². The Bertz CT molecular complexity index is 1000. The highest BCUT2D eigenvalue weighted by Gasteiger charge is 2.31. The van der Waals surface area contributed by atoms with Gasteiger partial charge in [0.05, 0.1) is 0 Å². The van der Waals surface area contributed by atoms with Crippen molar-refractivity contribution < 1.29 is 9.59 Å². The molecule has 1 aliphatic carbocycles. The highest BCUT2D eigenvalue weighted by atomic mass is 16.2. The zero-order valence-electron chi connectivity index (χ0n) is 19.7. The van der Waals surface area contributed by atoms with E-state index in [2.05, 4.69) is 46.3 Å². The molecule has 176 valence electrons. The summed E-state index contributed by atoms with van der Waals surface area (Å²) in [5.74, 6) is 0.926. The molecule has 1 saturated carbocycles. The molecule has 7 nitrogen and oxygen atoms in total. The summed E-state index contributed by atoms with van der Waals surface area (Å²) >= 11 is 0. The maximum atomic E-state index is 13.3. The molecule has 2 aromatic rings. The van der Waals surface area contributed by atoms with E-state index in [0.717, 1.165) is 43.1 Å². The van der Waals surface area contributed by atoms with E-state index in [-0.39, 0.29) is 11.8 Å². The summed E-state index contributed by atoms with van der Waals surface area (Å²) in [5.41, 5.74) is 4.94. The number of H-pyrrole nitrogens is 1. The van der Waals surface area contributed by atoms with E-state index in [9.17, 15) is 9.59 Å². The van der Waals surface area contributed by atoms with Crippen molar-refractivity contribution >= 4 is 17.5 Å². The minimum absolute atomic E-state index is 0.0165. The summed E-state index contributed by atoms with van der Waals surface area (Å²) in [5, 5.41) is 7.48. The molecule has 1 aromatic heterocycles. The molecule has 0 bridgehead atoms. The Kier molecular flexibility index (Phi) is 6.38. The quantitative estimate of drug-likeness (QED) is 0.758. The van der Waals surface area contributed by atoms with Crippen LogP contribution < -0.4 is 4.90 Å². The van der Waals surface area contributed by atoms with Gasteiger partial charge in [0.2, 0.25) is 5.91 Å². The van der Waals surface area contributed by atoms with Gasteiger partial charge in [-0.2, -0.15) is 5.10 Å². The van der Waals surface area contributed by atoms with E-state index >= 15 is 0 Å². The highest BCUT2D eigenvalue weighted by molar-refractivity contribution is 5.94. The average Bonchev–Trinajstić information content (AvgIpc) is 3.52. The molecule has 1 saturated heterocycles. The van der Waals surface area contributed by atoms with Crippen LogP contribution in [0.25, 0.3) is 0 Å². The van der Waals surface area contributed by atoms with Gasteiger partial charge in [0.15, 0.2) is 5.69 Å². The van der Waals surface area contributed by atoms with Gasteiger partial charge in [-0.05, 0) is 30.9 Å². The van der Waals surface area contributed by atoms with E-state index in [1.54, 1.807) is 0 Å². The lowest BCUT2D eigenvalue weighted by Gasteiger charge is -2.36. The van der Waals surface area contributed by atoms with E-state index < -0.39 is 0 Å². The summed E-state index contributed by atoms with van der Waals surface area (Å²) < 4.78 is 0. The lowest BCUT2D eigenvalue weighted by molar-refractivity contribution is -0.132. The van der Waals surface area contributed by atoms with Gasteiger partial charge in [-0.25, -0.2) is 0 Å². The second-order valence-electron chi connectivity index (χ2n) is 9.85. The van der Waals surface area contributed by atoms with Crippen molar-refractivity contribution in [1.29, 1.82) is 0 Å². The van der Waals surface area contributed by atoms with Crippen molar-refractivity contribution in [3.05, 3.63) is 46.8 Å². The molecule has 2 fully saturated rings. The average molecular weight is 450 g/mol. The first kappa shape index (κ1) is 22.0. The van der Waals surface area contributed by atoms with E-state index in [1.807, 2.05) is 9.80 Å². The number of anilines is 1. The highest BCUT2D eigenvalue weighted by Crippen LogP contribution is 2.30. The molecular weight excluding hydrogens is 414 g/mol. The van der Waals surface area contributed by atoms with Gasteiger partial charge in [-0.3, -0.25) is 14.7 Å². The Balaban J connectivity index is 1.20. The second kappa shape index (κ2) is 9.57. The summed E-state index contributed by atoms with van der Waals surface area (Å²) in [6.07, 6.45) is 7.54. The third-order valence-electron chi connectivity index (χ3n) is 7.75. The Morgan fingerprint density at radius 2 is 1.79 bits per heavy atom. The topological polar surface area (TPSA) is 72.5 Å². The van der Waals surface area contributed by atoms with Gasteiger partial charge in [-0.1, -0.05) is 43.9 Å². The smallest absolute Gasteiger partial charge is 0.274 e. The van der Waals surface area contributed by atoms with Gasteiger partial charge >= 0.3 is 0 Å². The van der Waals surface area contributed by atoms with Crippen LogP contribution in [0.1, 0.15) is 65.8 Å². The molecule has 0 spiro atoms. The number of aromatic nitrogens is 2. The van der Waals surface area contributed by atoms with Crippen molar-refractivity contribution in [2.45, 2.75) is 58.4 Å². The summed E-state index contributed by atoms with van der Waals surface area (Å²) in [7, 11) is 0. The molecule has 1 N–H and O–H groups in total. The SMILES string of the molecule is Cc1ccccc1N1CCN(C(=O)c2n[nH]c3c2CN(C(=O)CCC2CCCC2)CC3)CC1. The fourth-order valence-corrected chi connectivity index (χ4v) is 5.69. The van der Waals surface area contributed by atoms with Crippen molar-refractivity contribution in [3.63, 3.8) is 0 Å². The third kappa shape index (κ3) is 4.63. The number of fused-ring (bicyclic) bond motifs is 1. The summed E-state index contributed by atoms with van der Waals surface area (Å²) in [6.45, 7) is 6.33. The number of benzene rings is 1. The number of nitrogens with one attached hydrogen (secondary N) is 1. The summed E-state index contributed by atoms with van der Waals surface area (Å²) in [4.78, 5) is 32.4. The fraction of sp³-hybridized carbons (Fsp3) is 0.577. The molecule has 0 radical (unpaired) electrons. The molecule has 5 rings (SSSR count). The predicted octanol–water partition coefficient (Wildman–Crippen LogP) is 3.54. The summed E-state index contributed by atoms with van der Waals surface area (Å²) in [6, 6.07) is 8.40. The van der Waals surface area contributed by atoms with E-state index in [4.69, 9.17) is 0 Å². The number of hydrogen-bond donors (Lipinski definition) is 1. The zero-order chi connectivity index (χ0) is 22.8. The largest absolute Gasteiger partial charge is 0.368 e. The third-order valence-corrected chi connectivity index (χ3v) is 7.75. The molecule has 2 aliphatic heterocycles. The van der Waals surface area contributed by atoms with Gasteiger partial charge in [0.25, 0.3) is 5.91 Å². The minimum Gasteiger partial charge on any atom is -0.368 e. The molecule has 0 unspecified atom stereocenters. The number of carbonyl (C=O) groups excluding carboxylic acids is 2. The maximum absolute atomic E-state index is 13.3. The standard InChI is InChI=1S/C26H35N5O2/c1-19-6-2-5-9-23(19)29-14-16-30(17-15-29)26(33)25-21-18-31(13-12-22(21)27-28-25)24(32)11-10-20-7-3-4-8-20/h2,5-6,9,20H,3-4,7-8,10-18H2,1H3,(H,27,28). The Morgan fingerprint density at radius 1 is 1.03 bits per heavy atom. The number of nitrogens with zero attached hydrogens (tertiary/aromatic N) is 4. The van der Waals surface area contributed by atoms with E-state index in [0.29, 0.717) is 38.3 Å². The lowest BCUT2D eigenvalue weighted by atomic mass is 10.00. The van der Waals surface area contributed by atoms with Crippen molar-refractivity contribution in [3.8, 4) is 0 Å². The van der Waals surface area contributed by atoms with Crippen LogP contribution in [0.15, 0.2) is 24.3 Å². The second-order valence-corrected chi connectivity index (χ2v) is 9.85. The number of aromatic amines is 1. The molecule has 3 aliphatic rings. The first-order chi connectivity index (χ1) is 16.1. The van der Waals surface area contributed by atoms with Crippen LogP contribution in [0, 0.1) is 12.8 Å². The Labute approximate surface area is 196 Å². The minimum atomic E-state index is -0.0165. The number of para-hydroxylation sites is 1. The van der Waals surface area contributed by atoms with Crippen LogP contribution in [0.5, 0.6) is 0 Å². The Hall–Kier alpha value is -2.83. The van der Waals surface area contributed by atoms with Crippen LogP contribution in [-0.2, 0) is 17.8 Å². The normalized spacial score (nSPS) is 19.1. The number of rotatable bonds is 5. The monoisotopic (exact) mass is 449 g/mol. The van der Waals surface area contributed by atoms with Gasteiger partial charge in [0, 0.05) is 69.1 Å². The van der Waals surface area contributed by atoms with Crippen molar-refractivity contribution in [2.75, 3.05) is 37.6 Å². The first-order valence-electron chi connectivity index (χ1n) is 12.5. The fourth-order valence-electron chi connectivity index (χ4n) is 5.69. The molecule has 2 amide bonds. The molecule has 3 heterocycles. The first-order valence-corrected chi connectivity index (χ1v) is 12.5. The Morgan fingerprint density at radius 3 is 2.55 bits per heavy atom. The van der Waals surface area contributed by atoms with Crippen LogP contribution in [-0.4, -0.2) is 64.5 Å². The van der Waals surface area contributed by atoms with Crippen LogP contribution >= 0.6 is 0 Å². The predicted molar refractivity (Wildman–Crippen MR) is 128 cm³/mol. The number of amides is 2. The molecule has 7 heteroatoms. The van der Waals surface area contributed by atoms with E-state index in [1.165, 1.54) is 36.9 Å². The number of aryl methyl sites for hydroxylation is 1. The van der Waals surface area contributed by atoms with Gasteiger partial charge < -0.3 is 14.7 Å². The zero-order valence-corrected chi connectivity index (χ0v) is 19.7. The number of piperazine rings is 1. The van der Waals surface area contributed by atoms with Crippen molar-refractivity contribution in [1.82, 2.24) is 20.0 Å². The molecule has 33 heavy (non-hydrogen) atoms. The number of hydrogen-bond acceptors (Lipinski definition) is 4. The lowest BCUT2D eigenvalue weighted by Crippen LogP contribution is -2.49. The van der Waals surface area contributed by atoms with Gasteiger partial charge in [-0.15, -0.1) is 0 Å². The molecular formula is C26H35N5O2. The van der Waals surface area contributed by atoms with Crippen LogP contribution in [0.4, 0.5) is 5.69 Å². The van der Waals surface area contributed by atoms with Crippen LogP contribution in [0.2, 0.25) is 0 Å². The van der Waals surface area contributed by atoms with Crippen LogP contribution in [0.3, 0.4) is 0 Å². The maximum Gasteiger partial charge on any atom is 0.274 e.